The first-order valence-corrected chi connectivity index (χ1v) is 4.06. The second-order valence-electron chi connectivity index (χ2n) is 1.92. The Bertz CT molecular complexity index is 257. The van der Waals surface area contributed by atoms with Crippen LogP contribution in [-0.4, -0.2) is 6.41 Å². The number of carbonyl (C=O) groups is 1. The van der Waals surface area contributed by atoms with E-state index in [4.69, 9.17) is 11.6 Å². The average molecular weight is 234 g/mol. The van der Waals surface area contributed by atoms with E-state index >= 15 is 0 Å². The van der Waals surface area contributed by atoms with Crippen LogP contribution in [0.5, 0.6) is 0 Å². The van der Waals surface area contributed by atoms with Gasteiger partial charge in [-0.05, 0) is 18.2 Å². The first-order chi connectivity index (χ1) is 5.22. The van der Waals surface area contributed by atoms with Crippen LogP contribution in [-0.2, 0) is 4.79 Å². The van der Waals surface area contributed by atoms with Gasteiger partial charge in [0.1, 0.15) is 0 Å². The van der Waals surface area contributed by atoms with Crippen molar-refractivity contribution in [1.82, 2.24) is 0 Å². The minimum atomic E-state index is 0.587. The lowest BCUT2D eigenvalue weighted by Crippen LogP contribution is -1.92. The molecule has 0 saturated heterocycles. The van der Waals surface area contributed by atoms with E-state index in [0.29, 0.717) is 17.1 Å². The van der Waals surface area contributed by atoms with Crippen LogP contribution in [0.3, 0.4) is 0 Å². The standard InChI is InChI=1S/C7H5BrClNO/c8-5-1-6(9)3-7(2-5)10-4-11/h1-4H,(H,10,11). The van der Waals surface area contributed by atoms with Gasteiger partial charge in [-0.25, -0.2) is 0 Å². The zero-order chi connectivity index (χ0) is 8.27. The van der Waals surface area contributed by atoms with Crippen LogP contribution < -0.4 is 5.32 Å². The molecule has 0 spiro atoms. The topological polar surface area (TPSA) is 29.1 Å². The normalized spacial score (nSPS) is 9.27. The number of amides is 1. The molecular weight excluding hydrogens is 229 g/mol. The molecule has 0 radical (unpaired) electrons. The number of rotatable bonds is 2. The van der Waals surface area contributed by atoms with E-state index in [0.717, 1.165) is 4.47 Å². The van der Waals surface area contributed by atoms with Crippen molar-refractivity contribution in [3.63, 3.8) is 0 Å². The Morgan fingerprint density at radius 2 is 2.18 bits per heavy atom. The third kappa shape index (κ3) is 2.52. The van der Waals surface area contributed by atoms with Gasteiger partial charge in [0.25, 0.3) is 0 Å². The molecule has 1 rings (SSSR count). The van der Waals surface area contributed by atoms with Gasteiger partial charge < -0.3 is 5.32 Å². The largest absolute Gasteiger partial charge is 0.329 e. The molecule has 0 bridgehead atoms. The Hall–Kier alpha value is -0.540. The average Bonchev–Trinajstić information content (AvgIpc) is 1.85. The molecule has 1 amide bonds. The first-order valence-electron chi connectivity index (χ1n) is 2.88. The Morgan fingerprint density at radius 1 is 1.45 bits per heavy atom. The predicted octanol–water partition coefficient (Wildman–Crippen LogP) is 2.67. The zero-order valence-electron chi connectivity index (χ0n) is 5.47. The van der Waals surface area contributed by atoms with Gasteiger partial charge in [0.15, 0.2) is 0 Å². The Kier molecular flexibility index (Phi) is 2.91. The highest BCUT2D eigenvalue weighted by Gasteiger charge is 1.95. The summed E-state index contributed by atoms with van der Waals surface area (Å²) in [5, 5.41) is 3.08. The second-order valence-corrected chi connectivity index (χ2v) is 3.27. The fraction of sp³-hybridized carbons (Fsp3) is 0. The summed E-state index contributed by atoms with van der Waals surface area (Å²) in [6.07, 6.45) is 0.609. The van der Waals surface area contributed by atoms with Crippen LogP contribution in [0.25, 0.3) is 0 Å². The number of halogens is 2. The molecule has 4 heteroatoms. The Morgan fingerprint density at radius 3 is 2.73 bits per heavy atom. The first kappa shape index (κ1) is 8.56. The van der Waals surface area contributed by atoms with Gasteiger partial charge in [-0.2, -0.15) is 0 Å². The van der Waals surface area contributed by atoms with E-state index in [-0.39, 0.29) is 0 Å². The zero-order valence-corrected chi connectivity index (χ0v) is 7.82. The van der Waals surface area contributed by atoms with E-state index in [1.54, 1.807) is 18.2 Å². The van der Waals surface area contributed by atoms with Crippen LogP contribution in [0.2, 0.25) is 5.02 Å². The highest BCUT2D eigenvalue weighted by Crippen LogP contribution is 2.22. The van der Waals surface area contributed by atoms with Crippen LogP contribution in [0.1, 0.15) is 0 Å². The van der Waals surface area contributed by atoms with Crippen molar-refractivity contribution in [3.05, 3.63) is 27.7 Å². The lowest BCUT2D eigenvalue weighted by atomic mass is 10.3. The molecule has 1 aromatic rings. The van der Waals surface area contributed by atoms with Crippen molar-refractivity contribution in [1.29, 1.82) is 0 Å². The molecule has 58 valence electrons. The number of carbonyl (C=O) groups excluding carboxylic acids is 1. The molecular formula is C7H5BrClNO. The number of nitrogens with one attached hydrogen (secondary N) is 1. The third-order valence-corrected chi connectivity index (χ3v) is 1.76. The summed E-state index contributed by atoms with van der Waals surface area (Å²) < 4.78 is 0.842. The van der Waals surface area contributed by atoms with E-state index in [9.17, 15) is 4.79 Å². The molecule has 11 heavy (non-hydrogen) atoms. The van der Waals surface area contributed by atoms with Gasteiger partial charge in [0, 0.05) is 15.2 Å². The van der Waals surface area contributed by atoms with Crippen molar-refractivity contribution in [3.8, 4) is 0 Å². The molecule has 1 aromatic carbocycles. The summed E-state index contributed by atoms with van der Waals surface area (Å²) in [4.78, 5) is 10.0. The molecule has 0 saturated carbocycles. The van der Waals surface area contributed by atoms with Gasteiger partial charge in [-0.3, -0.25) is 4.79 Å². The Labute approximate surface area is 77.7 Å². The number of hydrogen-bond donors (Lipinski definition) is 1. The van der Waals surface area contributed by atoms with Crippen molar-refractivity contribution >= 4 is 39.6 Å². The summed E-state index contributed by atoms with van der Waals surface area (Å²) in [7, 11) is 0. The molecule has 0 aliphatic rings. The quantitative estimate of drug-likeness (QED) is 0.783. The maximum absolute atomic E-state index is 10.0. The maximum atomic E-state index is 10.0. The fourth-order valence-corrected chi connectivity index (χ4v) is 1.57. The Balaban J connectivity index is 2.98. The maximum Gasteiger partial charge on any atom is 0.211 e. The van der Waals surface area contributed by atoms with Gasteiger partial charge in [0.2, 0.25) is 6.41 Å². The highest BCUT2D eigenvalue weighted by molar-refractivity contribution is 9.10. The summed E-state index contributed by atoms with van der Waals surface area (Å²) >= 11 is 8.94. The third-order valence-electron chi connectivity index (χ3n) is 1.09. The monoisotopic (exact) mass is 233 g/mol. The minimum Gasteiger partial charge on any atom is -0.329 e. The van der Waals surface area contributed by atoms with Crippen LogP contribution in [0, 0.1) is 0 Å². The molecule has 0 heterocycles. The summed E-state index contributed by atoms with van der Waals surface area (Å²) in [6.45, 7) is 0. The molecule has 0 unspecified atom stereocenters. The molecule has 0 fully saturated rings. The van der Waals surface area contributed by atoms with Crippen LogP contribution in [0.4, 0.5) is 5.69 Å². The molecule has 0 aliphatic carbocycles. The van der Waals surface area contributed by atoms with E-state index in [2.05, 4.69) is 21.2 Å². The SMILES string of the molecule is O=CNc1cc(Cl)cc(Br)c1. The highest BCUT2D eigenvalue weighted by atomic mass is 79.9. The van der Waals surface area contributed by atoms with E-state index < -0.39 is 0 Å². The lowest BCUT2D eigenvalue weighted by Gasteiger charge is -1.99. The summed E-state index contributed by atoms with van der Waals surface area (Å²) in [5.41, 5.74) is 0.680. The molecule has 2 nitrogen and oxygen atoms in total. The number of anilines is 1. The van der Waals surface area contributed by atoms with E-state index in [1.807, 2.05) is 0 Å². The molecule has 0 aliphatic heterocycles. The van der Waals surface area contributed by atoms with Crippen molar-refractivity contribution < 1.29 is 4.79 Å². The smallest absolute Gasteiger partial charge is 0.211 e. The van der Waals surface area contributed by atoms with Gasteiger partial charge in [-0.1, -0.05) is 27.5 Å². The minimum absolute atomic E-state index is 0.587. The van der Waals surface area contributed by atoms with Crippen LogP contribution >= 0.6 is 27.5 Å². The molecule has 0 aromatic heterocycles. The van der Waals surface area contributed by atoms with Gasteiger partial charge >= 0.3 is 0 Å². The fourth-order valence-electron chi connectivity index (χ4n) is 0.705. The second kappa shape index (κ2) is 3.74. The summed E-state index contributed by atoms with van der Waals surface area (Å²) in [6, 6.07) is 5.18. The van der Waals surface area contributed by atoms with Crippen molar-refractivity contribution in [2.24, 2.45) is 0 Å². The number of hydrogen-bond acceptors (Lipinski definition) is 1. The molecule has 1 N–H and O–H groups in total. The number of benzene rings is 1. The summed E-state index contributed by atoms with van der Waals surface area (Å²) in [5.74, 6) is 0. The van der Waals surface area contributed by atoms with Crippen molar-refractivity contribution in [2.75, 3.05) is 5.32 Å². The van der Waals surface area contributed by atoms with Crippen molar-refractivity contribution in [2.45, 2.75) is 0 Å². The molecule has 0 atom stereocenters. The van der Waals surface area contributed by atoms with Gasteiger partial charge in [-0.15, -0.1) is 0 Å². The van der Waals surface area contributed by atoms with Gasteiger partial charge in [0.05, 0.1) is 0 Å². The van der Waals surface area contributed by atoms with Crippen LogP contribution in [0.15, 0.2) is 22.7 Å². The lowest BCUT2D eigenvalue weighted by molar-refractivity contribution is -0.105. The predicted molar refractivity (Wildman–Crippen MR) is 48.8 cm³/mol. The van der Waals surface area contributed by atoms with E-state index in [1.165, 1.54) is 0 Å².